The van der Waals surface area contributed by atoms with Gasteiger partial charge in [-0.2, -0.15) is 5.26 Å². The van der Waals surface area contributed by atoms with E-state index in [-0.39, 0.29) is 5.57 Å². The number of ether oxygens (including phenoxy) is 2. The predicted octanol–water partition coefficient (Wildman–Crippen LogP) is 5.21. The van der Waals surface area contributed by atoms with Crippen LogP contribution in [0.1, 0.15) is 18.1 Å². The molecule has 0 spiro atoms. The molecule has 0 atom stereocenters. The summed E-state index contributed by atoms with van der Waals surface area (Å²) in [5.74, 6) is 0.660. The van der Waals surface area contributed by atoms with Crippen LogP contribution in [-0.2, 0) is 4.79 Å². The first-order chi connectivity index (χ1) is 12.9. The lowest BCUT2D eigenvalue weighted by Crippen LogP contribution is -2.13. The fraction of sp³-hybridized carbons (Fsp3) is 0.200. The van der Waals surface area contributed by atoms with Gasteiger partial charge in [-0.15, -0.1) is 0 Å². The van der Waals surface area contributed by atoms with Gasteiger partial charge in [0, 0.05) is 10.7 Å². The van der Waals surface area contributed by atoms with E-state index in [1.54, 1.807) is 31.4 Å². The molecular weight excluding hydrogens is 479 g/mol. The number of hydrogen-bond acceptors (Lipinski definition) is 4. The van der Waals surface area contributed by atoms with Crippen LogP contribution < -0.4 is 14.8 Å². The second kappa shape index (κ2) is 9.62. The average molecular weight is 497 g/mol. The zero-order valence-corrected chi connectivity index (χ0v) is 18.0. The van der Waals surface area contributed by atoms with Crippen LogP contribution in [0.3, 0.4) is 0 Å². The van der Waals surface area contributed by atoms with Crippen molar-refractivity contribution in [2.24, 2.45) is 0 Å². The second-order valence-corrected chi connectivity index (χ2v) is 7.12. The maximum Gasteiger partial charge on any atom is 0.266 e. The summed E-state index contributed by atoms with van der Waals surface area (Å²) in [5, 5.41) is 12.6. The summed E-state index contributed by atoms with van der Waals surface area (Å²) in [4.78, 5) is 12.5. The molecule has 1 amide bonds. The maximum absolute atomic E-state index is 12.5. The first-order valence-corrected chi connectivity index (χ1v) is 9.54. The predicted molar refractivity (Wildman–Crippen MR) is 115 cm³/mol. The molecule has 0 unspecified atom stereocenters. The van der Waals surface area contributed by atoms with Gasteiger partial charge in [0.05, 0.1) is 17.3 Å². The highest BCUT2D eigenvalue weighted by Gasteiger charge is 2.14. The lowest BCUT2D eigenvalue weighted by molar-refractivity contribution is -0.112. The van der Waals surface area contributed by atoms with Crippen molar-refractivity contribution in [2.75, 3.05) is 19.0 Å². The molecule has 0 aromatic heterocycles. The number of anilines is 1. The van der Waals surface area contributed by atoms with Gasteiger partial charge < -0.3 is 14.8 Å². The van der Waals surface area contributed by atoms with Gasteiger partial charge in [0.15, 0.2) is 11.5 Å². The summed E-state index contributed by atoms with van der Waals surface area (Å²) in [6, 6.07) is 10.7. The Morgan fingerprint density at radius 3 is 2.70 bits per heavy atom. The molecule has 0 radical (unpaired) electrons. The smallest absolute Gasteiger partial charge is 0.266 e. The van der Waals surface area contributed by atoms with Gasteiger partial charge in [0.25, 0.3) is 5.91 Å². The topological polar surface area (TPSA) is 71.3 Å². The number of carbonyl (C=O) groups excluding carboxylic acids is 1. The van der Waals surface area contributed by atoms with E-state index in [0.717, 1.165) is 9.13 Å². The Hall–Kier alpha value is -2.24. The van der Waals surface area contributed by atoms with Gasteiger partial charge in [-0.3, -0.25) is 4.79 Å². The highest BCUT2D eigenvalue weighted by atomic mass is 127. The van der Waals surface area contributed by atoms with Crippen molar-refractivity contribution in [1.29, 1.82) is 5.26 Å². The van der Waals surface area contributed by atoms with Crippen molar-refractivity contribution in [3.8, 4) is 17.6 Å². The lowest BCUT2D eigenvalue weighted by atomic mass is 10.1. The number of halogens is 2. The van der Waals surface area contributed by atoms with Crippen LogP contribution in [-0.4, -0.2) is 19.6 Å². The standard InChI is InChI=1S/C20H18ClIN2O3/c1-4-27-19-17(22)8-13(9-18(19)26-3)7-14(11-23)20(25)24-15-6-5-12(2)16(21)10-15/h5-10H,4H2,1-3H3,(H,24,25)/b14-7+. The first-order valence-electron chi connectivity index (χ1n) is 8.09. The van der Waals surface area contributed by atoms with Gasteiger partial charge in [-0.05, 0) is 77.9 Å². The molecule has 0 saturated carbocycles. The van der Waals surface area contributed by atoms with Crippen molar-refractivity contribution >= 4 is 51.9 Å². The zero-order valence-electron chi connectivity index (χ0n) is 15.1. The number of nitrogens with zero attached hydrogens (tertiary/aromatic N) is 1. The van der Waals surface area contributed by atoms with Crippen LogP contribution in [0.15, 0.2) is 35.9 Å². The molecule has 0 heterocycles. The lowest BCUT2D eigenvalue weighted by Gasteiger charge is -2.12. The van der Waals surface area contributed by atoms with Crippen LogP contribution >= 0.6 is 34.2 Å². The number of nitrogens with one attached hydrogen (secondary N) is 1. The molecule has 0 aliphatic heterocycles. The molecule has 27 heavy (non-hydrogen) atoms. The molecule has 5 nitrogen and oxygen atoms in total. The summed E-state index contributed by atoms with van der Waals surface area (Å²) in [5.41, 5.74) is 2.06. The summed E-state index contributed by atoms with van der Waals surface area (Å²) in [7, 11) is 1.54. The summed E-state index contributed by atoms with van der Waals surface area (Å²) in [6.45, 7) is 4.26. The minimum Gasteiger partial charge on any atom is -0.493 e. The molecule has 0 saturated heterocycles. The normalized spacial score (nSPS) is 10.9. The van der Waals surface area contributed by atoms with Crippen LogP contribution in [0.4, 0.5) is 5.69 Å². The van der Waals surface area contributed by atoms with E-state index in [9.17, 15) is 10.1 Å². The van der Waals surface area contributed by atoms with E-state index in [0.29, 0.717) is 34.4 Å². The SMILES string of the molecule is CCOc1c(I)cc(/C=C(\C#N)C(=O)Nc2ccc(C)c(Cl)c2)cc1OC. The van der Waals surface area contributed by atoms with Gasteiger partial charge >= 0.3 is 0 Å². The number of carbonyl (C=O) groups is 1. The van der Waals surface area contributed by atoms with E-state index in [2.05, 4.69) is 27.9 Å². The Balaban J connectivity index is 2.32. The molecule has 0 bridgehead atoms. The Morgan fingerprint density at radius 1 is 1.37 bits per heavy atom. The Morgan fingerprint density at radius 2 is 2.11 bits per heavy atom. The number of rotatable bonds is 6. The fourth-order valence-corrected chi connectivity index (χ4v) is 3.25. The number of benzene rings is 2. The highest BCUT2D eigenvalue weighted by molar-refractivity contribution is 14.1. The van der Waals surface area contributed by atoms with E-state index in [1.807, 2.05) is 26.0 Å². The van der Waals surface area contributed by atoms with Crippen LogP contribution in [0.2, 0.25) is 5.02 Å². The molecular formula is C20H18ClIN2O3. The highest BCUT2D eigenvalue weighted by Crippen LogP contribution is 2.34. The molecule has 0 fully saturated rings. The first kappa shape index (κ1) is 21.1. The zero-order chi connectivity index (χ0) is 20.0. The van der Waals surface area contributed by atoms with E-state index >= 15 is 0 Å². The molecule has 140 valence electrons. The molecule has 0 aliphatic carbocycles. The third-order valence-corrected chi connectivity index (χ3v) is 4.85. The maximum atomic E-state index is 12.5. The fourth-order valence-electron chi connectivity index (χ4n) is 2.29. The molecule has 2 aromatic carbocycles. The Kier molecular flexibility index (Phi) is 7.51. The van der Waals surface area contributed by atoms with Crippen molar-refractivity contribution in [1.82, 2.24) is 0 Å². The molecule has 2 rings (SSSR count). The monoisotopic (exact) mass is 496 g/mol. The summed E-state index contributed by atoms with van der Waals surface area (Å²) < 4.78 is 11.8. The third kappa shape index (κ3) is 5.37. The minimum atomic E-state index is -0.514. The van der Waals surface area contributed by atoms with Gasteiger partial charge in [-0.25, -0.2) is 0 Å². The Labute approximate surface area is 177 Å². The number of hydrogen-bond donors (Lipinski definition) is 1. The third-order valence-electron chi connectivity index (χ3n) is 3.65. The quantitative estimate of drug-likeness (QED) is 0.339. The van der Waals surface area contributed by atoms with Gasteiger partial charge in [0.1, 0.15) is 11.6 Å². The number of amides is 1. The minimum absolute atomic E-state index is 0.0336. The van der Waals surface area contributed by atoms with E-state index in [4.69, 9.17) is 21.1 Å². The largest absolute Gasteiger partial charge is 0.493 e. The van der Waals surface area contributed by atoms with Crippen LogP contribution in [0.25, 0.3) is 6.08 Å². The molecule has 2 aromatic rings. The van der Waals surface area contributed by atoms with E-state index < -0.39 is 5.91 Å². The van der Waals surface area contributed by atoms with E-state index in [1.165, 1.54) is 6.08 Å². The van der Waals surface area contributed by atoms with Gasteiger partial charge in [0.2, 0.25) is 0 Å². The number of aryl methyl sites for hydroxylation is 1. The van der Waals surface area contributed by atoms with Crippen molar-refractivity contribution < 1.29 is 14.3 Å². The molecule has 1 N–H and O–H groups in total. The Bertz CT molecular complexity index is 936. The van der Waals surface area contributed by atoms with Gasteiger partial charge in [-0.1, -0.05) is 17.7 Å². The summed E-state index contributed by atoms with van der Waals surface area (Å²) >= 11 is 8.20. The number of nitriles is 1. The number of methoxy groups -OCH3 is 1. The van der Waals surface area contributed by atoms with Crippen LogP contribution in [0, 0.1) is 21.8 Å². The summed E-state index contributed by atoms with van der Waals surface area (Å²) in [6.07, 6.45) is 1.51. The van der Waals surface area contributed by atoms with Crippen molar-refractivity contribution in [3.63, 3.8) is 0 Å². The molecule has 0 aliphatic rings. The molecule has 7 heteroatoms. The van der Waals surface area contributed by atoms with Crippen LogP contribution in [0.5, 0.6) is 11.5 Å². The average Bonchev–Trinajstić information content (AvgIpc) is 2.64. The van der Waals surface area contributed by atoms with Crippen molar-refractivity contribution in [2.45, 2.75) is 13.8 Å². The van der Waals surface area contributed by atoms with Crippen molar-refractivity contribution in [3.05, 3.63) is 55.6 Å². The second-order valence-electron chi connectivity index (χ2n) is 5.56.